The zero-order chi connectivity index (χ0) is 10.7. The van der Waals surface area contributed by atoms with E-state index in [4.69, 9.17) is 0 Å². The molecule has 0 bridgehead atoms. The lowest BCUT2D eigenvalue weighted by molar-refractivity contribution is -0.904. The Labute approximate surface area is 88.1 Å². The average Bonchev–Trinajstić information content (AvgIpc) is 2.87. The number of quaternary nitrogens is 1. The molecule has 1 aliphatic rings. The van der Waals surface area contributed by atoms with E-state index in [1.807, 2.05) is 0 Å². The van der Waals surface area contributed by atoms with Crippen molar-refractivity contribution in [2.24, 2.45) is 0 Å². The molecule has 0 unspecified atom stereocenters. The number of aromatic amines is 1. The Kier molecular flexibility index (Phi) is 3.01. The standard InChI is InChI=1S/C10H15N3O2/c14-10(15)9(13-3-1-2-4-13)5-8-6-11-7-12-8/h6-7,9H,1-5H2,(H,11,12)(H,14,15)/p+1/t9-/m0/s1. The molecule has 2 rings (SSSR count). The summed E-state index contributed by atoms with van der Waals surface area (Å²) in [7, 11) is 0. The number of imidazole rings is 1. The molecular formula is C10H16N3O2+. The van der Waals surface area contributed by atoms with Gasteiger partial charge in [-0.2, -0.15) is 0 Å². The van der Waals surface area contributed by atoms with Crippen LogP contribution in [0.25, 0.3) is 0 Å². The third-order valence-electron chi connectivity index (χ3n) is 3.02. The molecule has 1 aromatic rings. The number of nitrogens with zero attached hydrogens (tertiary/aromatic N) is 1. The fourth-order valence-corrected chi connectivity index (χ4v) is 2.20. The fourth-order valence-electron chi connectivity index (χ4n) is 2.20. The summed E-state index contributed by atoms with van der Waals surface area (Å²) in [4.78, 5) is 19.2. The van der Waals surface area contributed by atoms with Gasteiger partial charge in [0.2, 0.25) is 0 Å². The summed E-state index contributed by atoms with van der Waals surface area (Å²) in [5, 5.41) is 9.18. The van der Waals surface area contributed by atoms with Gasteiger partial charge in [0.15, 0.2) is 6.04 Å². The number of likely N-dealkylation sites (tertiary alicyclic amines) is 1. The van der Waals surface area contributed by atoms with Crippen molar-refractivity contribution in [1.29, 1.82) is 0 Å². The van der Waals surface area contributed by atoms with Crippen molar-refractivity contribution < 1.29 is 14.8 Å². The van der Waals surface area contributed by atoms with Crippen LogP contribution >= 0.6 is 0 Å². The largest absolute Gasteiger partial charge is 0.477 e. The Balaban J connectivity index is 2.03. The minimum atomic E-state index is -0.707. The first-order valence-electron chi connectivity index (χ1n) is 5.32. The second kappa shape index (κ2) is 4.44. The summed E-state index contributed by atoms with van der Waals surface area (Å²) in [5.41, 5.74) is 0.904. The molecule has 1 saturated heterocycles. The first kappa shape index (κ1) is 10.2. The van der Waals surface area contributed by atoms with Crippen LogP contribution in [-0.2, 0) is 11.2 Å². The number of aliphatic carboxylic acids is 1. The molecule has 15 heavy (non-hydrogen) atoms. The third-order valence-corrected chi connectivity index (χ3v) is 3.02. The number of nitrogens with one attached hydrogen (secondary N) is 2. The molecule has 1 atom stereocenters. The van der Waals surface area contributed by atoms with Crippen molar-refractivity contribution in [2.45, 2.75) is 25.3 Å². The average molecular weight is 210 g/mol. The van der Waals surface area contributed by atoms with E-state index < -0.39 is 5.97 Å². The van der Waals surface area contributed by atoms with Gasteiger partial charge in [-0.1, -0.05) is 0 Å². The van der Waals surface area contributed by atoms with Gasteiger partial charge >= 0.3 is 5.97 Å². The Hall–Kier alpha value is -1.36. The maximum Gasteiger partial charge on any atom is 0.362 e. The van der Waals surface area contributed by atoms with Gasteiger partial charge in [0.1, 0.15) is 0 Å². The third kappa shape index (κ3) is 2.36. The predicted octanol–water partition coefficient (Wildman–Crippen LogP) is -0.916. The summed E-state index contributed by atoms with van der Waals surface area (Å²) in [6.07, 6.45) is 6.12. The first-order chi connectivity index (χ1) is 7.27. The molecule has 2 heterocycles. The Morgan fingerprint density at radius 1 is 1.60 bits per heavy atom. The molecule has 0 saturated carbocycles. The lowest BCUT2D eigenvalue weighted by atomic mass is 10.1. The molecule has 0 amide bonds. The van der Waals surface area contributed by atoms with Crippen LogP contribution in [-0.4, -0.2) is 40.2 Å². The summed E-state index contributed by atoms with van der Waals surface area (Å²) in [6.45, 7) is 1.95. The minimum Gasteiger partial charge on any atom is -0.477 e. The molecule has 82 valence electrons. The van der Waals surface area contributed by atoms with E-state index in [0.717, 1.165) is 31.6 Å². The van der Waals surface area contributed by atoms with E-state index in [-0.39, 0.29) is 6.04 Å². The van der Waals surface area contributed by atoms with Crippen molar-refractivity contribution >= 4 is 5.97 Å². The number of aromatic nitrogens is 2. The Morgan fingerprint density at radius 2 is 2.33 bits per heavy atom. The van der Waals surface area contributed by atoms with Crippen LogP contribution in [0, 0.1) is 0 Å². The second-order valence-corrected chi connectivity index (χ2v) is 4.04. The normalized spacial score (nSPS) is 19.2. The van der Waals surface area contributed by atoms with Gasteiger partial charge in [-0.3, -0.25) is 0 Å². The molecule has 1 aliphatic heterocycles. The van der Waals surface area contributed by atoms with E-state index >= 15 is 0 Å². The molecule has 0 spiro atoms. The van der Waals surface area contributed by atoms with Gasteiger partial charge < -0.3 is 15.0 Å². The number of rotatable bonds is 4. The summed E-state index contributed by atoms with van der Waals surface area (Å²) < 4.78 is 0. The Morgan fingerprint density at radius 3 is 2.87 bits per heavy atom. The van der Waals surface area contributed by atoms with Gasteiger partial charge in [-0.05, 0) is 0 Å². The van der Waals surface area contributed by atoms with E-state index in [0.29, 0.717) is 6.42 Å². The summed E-state index contributed by atoms with van der Waals surface area (Å²) in [6, 6.07) is -0.326. The SMILES string of the molecule is O=C(O)[C@H](Cc1cnc[nH]1)[NH+]1CCCC1. The van der Waals surface area contributed by atoms with E-state index in [1.54, 1.807) is 12.5 Å². The topological polar surface area (TPSA) is 70.4 Å². The Bertz CT molecular complexity index is 317. The smallest absolute Gasteiger partial charge is 0.362 e. The lowest BCUT2D eigenvalue weighted by Crippen LogP contribution is -3.15. The van der Waals surface area contributed by atoms with E-state index in [9.17, 15) is 9.90 Å². The van der Waals surface area contributed by atoms with Crippen molar-refractivity contribution in [3.05, 3.63) is 18.2 Å². The monoisotopic (exact) mass is 210 g/mol. The first-order valence-corrected chi connectivity index (χ1v) is 5.32. The molecule has 0 aliphatic carbocycles. The zero-order valence-corrected chi connectivity index (χ0v) is 8.57. The quantitative estimate of drug-likeness (QED) is 0.602. The van der Waals surface area contributed by atoms with Gasteiger partial charge in [0.05, 0.1) is 25.8 Å². The highest BCUT2D eigenvalue weighted by molar-refractivity contribution is 5.72. The molecule has 1 aromatic heterocycles. The van der Waals surface area contributed by atoms with E-state index in [1.165, 1.54) is 4.90 Å². The van der Waals surface area contributed by atoms with Crippen LogP contribution in [0.2, 0.25) is 0 Å². The molecule has 5 nitrogen and oxygen atoms in total. The second-order valence-electron chi connectivity index (χ2n) is 4.04. The maximum absolute atomic E-state index is 11.2. The molecule has 5 heteroatoms. The van der Waals surface area contributed by atoms with Gasteiger partial charge in [-0.15, -0.1) is 0 Å². The number of carboxylic acids is 1. The van der Waals surface area contributed by atoms with Crippen molar-refractivity contribution in [3.63, 3.8) is 0 Å². The summed E-state index contributed by atoms with van der Waals surface area (Å²) in [5.74, 6) is -0.707. The maximum atomic E-state index is 11.2. The van der Waals surface area contributed by atoms with Crippen LogP contribution in [0.3, 0.4) is 0 Å². The van der Waals surface area contributed by atoms with Crippen molar-refractivity contribution in [3.8, 4) is 0 Å². The molecule has 1 fully saturated rings. The van der Waals surface area contributed by atoms with Crippen molar-refractivity contribution in [2.75, 3.05) is 13.1 Å². The number of H-pyrrole nitrogens is 1. The minimum absolute atomic E-state index is 0.326. The molecule has 0 aromatic carbocycles. The van der Waals surface area contributed by atoms with Gasteiger partial charge in [-0.25, -0.2) is 9.78 Å². The van der Waals surface area contributed by atoms with Crippen LogP contribution in [0.4, 0.5) is 0 Å². The molecule has 0 radical (unpaired) electrons. The van der Waals surface area contributed by atoms with Crippen LogP contribution < -0.4 is 4.90 Å². The van der Waals surface area contributed by atoms with Crippen LogP contribution in [0.1, 0.15) is 18.5 Å². The summed E-state index contributed by atoms with van der Waals surface area (Å²) >= 11 is 0. The highest BCUT2D eigenvalue weighted by Gasteiger charge is 2.32. The van der Waals surface area contributed by atoms with Crippen LogP contribution in [0.15, 0.2) is 12.5 Å². The predicted molar refractivity (Wildman–Crippen MR) is 53.6 cm³/mol. The molecular weight excluding hydrogens is 194 g/mol. The van der Waals surface area contributed by atoms with E-state index in [2.05, 4.69) is 9.97 Å². The van der Waals surface area contributed by atoms with Crippen LogP contribution in [0.5, 0.6) is 0 Å². The highest BCUT2D eigenvalue weighted by atomic mass is 16.4. The zero-order valence-electron chi connectivity index (χ0n) is 8.57. The molecule has 3 N–H and O–H groups in total. The van der Waals surface area contributed by atoms with Gasteiger partial charge in [0, 0.05) is 24.7 Å². The number of hydrogen-bond donors (Lipinski definition) is 3. The number of carboxylic acid groups (broad SMARTS) is 1. The number of carbonyl (C=O) groups is 1. The number of hydrogen-bond acceptors (Lipinski definition) is 2. The lowest BCUT2D eigenvalue weighted by Gasteiger charge is -2.19. The fraction of sp³-hybridized carbons (Fsp3) is 0.600. The van der Waals surface area contributed by atoms with Gasteiger partial charge in [0.25, 0.3) is 0 Å². The highest BCUT2D eigenvalue weighted by Crippen LogP contribution is 1.99. The van der Waals surface area contributed by atoms with Crippen molar-refractivity contribution in [1.82, 2.24) is 9.97 Å².